The molecular weight excluding hydrogens is 286 g/mol. The number of unbranched alkanes of at least 4 members (excludes halogenated alkanes) is 2. The Morgan fingerprint density at radius 2 is 2.05 bits per heavy atom. The molecule has 1 aromatic rings. The molecule has 0 bridgehead atoms. The number of carbonyl (C=O) groups excluding carboxylic acids is 1. The third kappa shape index (κ3) is 4.97. The third-order valence-corrected chi connectivity index (χ3v) is 2.86. The average Bonchev–Trinajstić information content (AvgIpc) is 2.46. The maximum Gasteiger partial charge on any atom is 0.305 e. The Bertz CT molecular complexity index is 523. The highest BCUT2D eigenvalue weighted by molar-refractivity contribution is 5.69. The van der Waals surface area contributed by atoms with Gasteiger partial charge in [0, 0.05) is 19.0 Å². The summed E-state index contributed by atoms with van der Waals surface area (Å²) in [4.78, 5) is 20.8. The summed E-state index contributed by atoms with van der Waals surface area (Å²) in [7, 11) is 1.30. The molecule has 8 heteroatoms. The molecular formula is C13H16F2N2O4. The van der Waals surface area contributed by atoms with E-state index in [-0.39, 0.29) is 18.9 Å². The van der Waals surface area contributed by atoms with Crippen LogP contribution < -0.4 is 5.32 Å². The summed E-state index contributed by atoms with van der Waals surface area (Å²) in [5, 5.41) is 13.3. The summed E-state index contributed by atoms with van der Waals surface area (Å²) in [5.74, 6) is -2.72. The summed E-state index contributed by atoms with van der Waals surface area (Å²) in [6, 6.07) is 1.63. The van der Waals surface area contributed by atoms with Gasteiger partial charge in [0.1, 0.15) is 0 Å². The number of rotatable bonds is 8. The summed E-state index contributed by atoms with van der Waals surface area (Å²) >= 11 is 0. The number of nitro benzene ring substituents is 1. The number of halogens is 2. The Morgan fingerprint density at radius 3 is 2.67 bits per heavy atom. The van der Waals surface area contributed by atoms with E-state index in [1.807, 2.05) is 0 Å². The molecule has 0 saturated heterocycles. The van der Waals surface area contributed by atoms with E-state index in [9.17, 15) is 23.7 Å². The molecule has 0 fully saturated rings. The van der Waals surface area contributed by atoms with Gasteiger partial charge in [-0.2, -0.15) is 0 Å². The average molecular weight is 302 g/mol. The number of benzene rings is 1. The van der Waals surface area contributed by atoms with Crippen molar-refractivity contribution in [2.24, 2.45) is 0 Å². The molecule has 0 aliphatic heterocycles. The molecule has 0 radical (unpaired) electrons. The molecule has 0 heterocycles. The number of hydrogen-bond donors (Lipinski definition) is 1. The van der Waals surface area contributed by atoms with Crippen LogP contribution in [-0.2, 0) is 9.53 Å². The Kier molecular flexibility index (Phi) is 6.51. The number of anilines is 1. The van der Waals surface area contributed by atoms with E-state index in [1.165, 1.54) is 7.11 Å². The van der Waals surface area contributed by atoms with Crippen molar-refractivity contribution in [3.05, 3.63) is 33.9 Å². The fourth-order valence-corrected chi connectivity index (χ4v) is 1.75. The summed E-state index contributed by atoms with van der Waals surface area (Å²) in [6.07, 6.45) is 2.10. The van der Waals surface area contributed by atoms with Gasteiger partial charge in [-0.3, -0.25) is 14.9 Å². The van der Waals surface area contributed by atoms with Crippen molar-refractivity contribution >= 4 is 17.3 Å². The van der Waals surface area contributed by atoms with E-state index in [2.05, 4.69) is 10.1 Å². The minimum absolute atomic E-state index is 0.238. The zero-order chi connectivity index (χ0) is 15.8. The summed E-state index contributed by atoms with van der Waals surface area (Å²) in [6.45, 7) is 0.238. The molecule has 116 valence electrons. The predicted molar refractivity (Wildman–Crippen MR) is 72.0 cm³/mol. The highest BCUT2D eigenvalue weighted by Crippen LogP contribution is 2.29. The normalized spacial score (nSPS) is 10.2. The van der Waals surface area contributed by atoms with Gasteiger partial charge < -0.3 is 10.1 Å². The lowest BCUT2D eigenvalue weighted by Gasteiger charge is -2.08. The fourth-order valence-electron chi connectivity index (χ4n) is 1.75. The minimum atomic E-state index is -1.27. The van der Waals surface area contributed by atoms with E-state index >= 15 is 0 Å². The van der Waals surface area contributed by atoms with Crippen LogP contribution in [-0.4, -0.2) is 24.5 Å². The third-order valence-electron chi connectivity index (χ3n) is 2.86. The topological polar surface area (TPSA) is 81.5 Å². The second-order valence-electron chi connectivity index (χ2n) is 4.33. The second kappa shape index (κ2) is 8.13. The lowest BCUT2D eigenvalue weighted by atomic mass is 10.2. The van der Waals surface area contributed by atoms with Gasteiger partial charge in [0.15, 0.2) is 17.3 Å². The van der Waals surface area contributed by atoms with Crippen molar-refractivity contribution in [2.45, 2.75) is 25.7 Å². The van der Waals surface area contributed by atoms with Crippen LogP contribution in [0.5, 0.6) is 0 Å². The summed E-state index contributed by atoms with van der Waals surface area (Å²) < 4.78 is 31.1. The first-order valence-corrected chi connectivity index (χ1v) is 6.40. The Hall–Kier alpha value is -2.25. The van der Waals surface area contributed by atoms with Crippen LogP contribution in [0.15, 0.2) is 12.1 Å². The monoisotopic (exact) mass is 302 g/mol. The minimum Gasteiger partial charge on any atom is -0.469 e. The van der Waals surface area contributed by atoms with Gasteiger partial charge in [0.05, 0.1) is 12.0 Å². The van der Waals surface area contributed by atoms with Crippen LogP contribution in [0.1, 0.15) is 25.7 Å². The first-order valence-electron chi connectivity index (χ1n) is 6.40. The van der Waals surface area contributed by atoms with Gasteiger partial charge in [0.2, 0.25) is 0 Å². The van der Waals surface area contributed by atoms with E-state index in [0.29, 0.717) is 19.3 Å². The largest absolute Gasteiger partial charge is 0.469 e. The van der Waals surface area contributed by atoms with Gasteiger partial charge in [-0.25, -0.2) is 8.78 Å². The van der Waals surface area contributed by atoms with Crippen LogP contribution in [0.25, 0.3) is 0 Å². The number of carbonyl (C=O) groups is 1. The fraction of sp³-hybridized carbons (Fsp3) is 0.462. The van der Waals surface area contributed by atoms with E-state index in [1.54, 1.807) is 0 Å². The van der Waals surface area contributed by atoms with Gasteiger partial charge in [-0.05, 0) is 18.9 Å². The van der Waals surface area contributed by atoms with E-state index in [4.69, 9.17) is 0 Å². The van der Waals surface area contributed by atoms with Gasteiger partial charge in [-0.15, -0.1) is 0 Å². The molecule has 1 rings (SSSR count). The van der Waals surface area contributed by atoms with Crippen molar-refractivity contribution in [1.82, 2.24) is 0 Å². The van der Waals surface area contributed by atoms with Crippen LogP contribution in [0, 0.1) is 21.7 Å². The first kappa shape index (κ1) is 16.8. The van der Waals surface area contributed by atoms with E-state index < -0.39 is 27.9 Å². The highest BCUT2D eigenvalue weighted by Gasteiger charge is 2.20. The number of ether oxygens (including phenoxy) is 1. The number of nitrogens with one attached hydrogen (secondary N) is 1. The van der Waals surface area contributed by atoms with E-state index in [0.717, 1.165) is 12.1 Å². The standard InChI is InChI=1S/C13H16F2N2O4/c1-21-11(18)5-3-2-4-8-16-13-10(17(19)20)7-6-9(14)12(13)15/h6-7,16H,2-5,8H2,1H3. The Labute approximate surface area is 120 Å². The molecule has 0 amide bonds. The Balaban J connectivity index is 2.50. The van der Waals surface area contributed by atoms with Crippen LogP contribution in [0.4, 0.5) is 20.2 Å². The molecule has 0 spiro atoms. The molecule has 0 aromatic heterocycles. The van der Waals surface area contributed by atoms with Gasteiger partial charge in [-0.1, -0.05) is 6.42 Å². The number of hydrogen-bond acceptors (Lipinski definition) is 5. The molecule has 0 unspecified atom stereocenters. The van der Waals surface area contributed by atoms with Crippen LogP contribution in [0.3, 0.4) is 0 Å². The van der Waals surface area contributed by atoms with Crippen molar-refractivity contribution in [3.8, 4) is 0 Å². The number of esters is 1. The van der Waals surface area contributed by atoms with Crippen molar-refractivity contribution in [2.75, 3.05) is 19.0 Å². The molecule has 0 atom stereocenters. The van der Waals surface area contributed by atoms with Crippen molar-refractivity contribution in [3.63, 3.8) is 0 Å². The molecule has 0 saturated carbocycles. The lowest BCUT2D eigenvalue weighted by Crippen LogP contribution is -2.08. The molecule has 0 aliphatic rings. The molecule has 1 N–H and O–H groups in total. The zero-order valence-electron chi connectivity index (χ0n) is 11.5. The molecule has 0 aliphatic carbocycles. The van der Waals surface area contributed by atoms with Crippen molar-refractivity contribution in [1.29, 1.82) is 0 Å². The second-order valence-corrected chi connectivity index (χ2v) is 4.33. The number of nitro groups is 1. The Morgan fingerprint density at radius 1 is 1.33 bits per heavy atom. The van der Waals surface area contributed by atoms with Gasteiger partial charge in [0.25, 0.3) is 5.69 Å². The molecule has 6 nitrogen and oxygen atoms in total. The quantitative estimate of drug-likeness (QED) is 0.345. The van der Waals surface area contributed by atoms with Gasteiger partial charge >= 0.3 is 5.97 Å². The number of nitrogens with zero attached hydrogens (tertiary/aromatic N) is 1. The SMILES string of the molecule is COC(=O)CCCCCNc1c([N+](=O)[O-])ccc(F)c1F. The number of methoxy groups -OCH3 is 1. The smallest absolute Gasteiger partial charge is 0.305 e. The zero-order valence-corrected chi connectivity index (χ0v) is 11.5. The van der Waals surface area contributed by atoms with Crippen LogP contribution >= 0.6 is 0 Å². The maximum atomic E-state index is 13.5. The molecule has 21 heavy (non-hydrogen) atoms. The maximum absolute atomic E-state index is 13.5. The summed E-state index contributed by atoms with van der Waals surface area (Å²) in [5.41, 5.74) is -0.962. The first-order chi connectivity index (χ1) is 9.97. The highest BCUT2D eigenvalue weighted by atomic mass is 19.2. The van der Waals surface area contributed by atoms with Crippen LogP contribution in [0.2, 0.25) is 0 Å². The lowest BCUT2D eigenvalue weighted by molar-refractivity contribution is -0.384. The van der Waals surface area contributed by atoms with Crippen molar-refractivity contribution < 1.29 is 23.2 Å². The molecule has 1 aromatic carbocycles. The predicted octanol–water partition coefficient (Wildman–Crippen LogP) is 3.02.